The first-order valence-corrected chi connectivity index (χ1v) is 18.2. The van der Waals surface area contributed by atoms with Gasteiger partial charge in [0, 0.05) is 56.6 Å². The van der Waals surface area contributed by atoms with Crippen molar-refractivity contribution < 1.29 is 55.7 Å². The lowest BCUT2D eigenvalue weighted by molar-refractivity contribution is -0.205. The van der Waals surface area contributed by atoms with Crippen molar-refractivity contribution in [2.24, 2.45) is 16.7 Å². The second-order valence-electron chi connectivity index (χ2n) is 15.4. The molecule has 3 heterocycles. The van der Waals surface area contributed by atoms with Crippen LogP contribution in [0.3, 0.4) is 0 Å². The van der Waals surface area contributed by atoms with Gasteiger partial charge < -0.3 is 24.4 Å². The van der Waals surface area contributed by atoms with Crippen LogP contribution in [-0.2, 0) is 27.4 Å². The zero-order chi connectivity index (χ0) is 39.3. The van der Waals surface area contributed by atoms with E-state index in [4.69, 9.17) is 9.47 Å². The van der Waals surface area contributed by atoms with Crippen LogP contribution in [0.2, 0.25) is 0 Å². The number of carboxylic acid groups (broad SMARTS) is 1. The molecule has 294 valence electrons. The zero-order valence-electron chi connectivity index (χ0n) is 30.1. The molecule has 1 atom stereocenters. The van der Waals surface area contributed by atoms with Crippen LogP contribution in [0.15, 0.2) is 54.9 Å². The van der Waals surface area contributed by atoms with Gasteiger partial charge in [-0.15, -0.1) is 0 Å². The van der Waals surface area contributed by atoms with E-state index in [1.54, 1.807) is 47.4 Å². The van der Waals surface area contributed by atoms with Crippen molar-refractivity contribution in [3.05, 3.63) is 88.2 Å². The first kappa shape index (κ1) is 38.4. The predicted molar refractivity (Wildman–Crippen MR) is 184 cm³/mol. The number of methoxy groups -OCH3 is 1. The third-order valence-electron chi connectivity index (χ3n) is 11.9. The molecule has 2 saturated carbocycles. The van der Waals surface area contributed by atoms with E-state index in [1.807, 2.05) is 0 Å². The number of likely N-dealkylation sites (tertiary alicyclic amines) is 2. The number of aromatic nitrogens is 2. The highest BCUT2D eigenvalue weighted by Gasteiger charge is 2.71. The average Bonchev–Trinajstić information content (AvgIpc) is 3.70. The van der Waals surface area contributed by atoms with E-state index in [2.05, 4.69) is 5.10 Å². The smallest absolute Gasteiger partial charge is 0.403 e. The molecule has 2 aromatic carbocycles. The summed E-state index contributed by atoms with van der Waals surface area (Å²) in [5.74, 6) is -6.62. The summed E-state index contributed by atoms with van der Waals surface area (Å²) in [4.78, 5) is 54.5. The Bertz CT molecular complexity index is 1980. The third-order valence-corrected chi connectivity index (χ3v) is 11.9. The number of amides is 2. The van der Waals surface area contributed by atoms with Crippen molar-refractivity contribution in [2.45, 2.75) is 69.7 Å². The van der Waals surface area contributed by atoms with Crippen LogP contribution < -0.4 is 0 Å². The summed E-state index contributed by atoms with van der Waals surface area (Å²) in [6, 6.07) is 11.7. The summed E-state index contributed by atoms with van der Waals surface area (Å²) in [5.41, 5.74) is -1.09. The Balaban J connectivity index is 1.07. The maximum atomic E-state index is 13.9. The summed E-state index contributed by atoms with van der Waals surface area (Å²) in [6.45, 7) is 0.326. The second-order valence-corrected chi connectivity index (χ2v) is 15.4. The number of carbonyl (C=O) groups excluding carboxylic acids is 3. The Morgan fingerprint density at radius 3 is 2.25 bits per heavy atom. The number of rotatable bonds is 11. The van der Waals surface area contributed by atoms with Gasteiger partial charge in [-0.05, 0) is 54.4 Å². The average molecular weight is 773 g/mol. The maximum Gasteiger partial charge on any atom is 0.403 e. The zero-order valence-corrected chi connectivity index (χ0v) is 30.1. The first-order valence-electron chi connectivity index (χ1n) is 18.2. The summed E-state index contributed by atoms with van der Waals surface area (Å²) in [7, 11) is 1.28. The van der Waals surface area contributed by atoms with Gasteiger partial charge >= 0.3 is 18.1 Å². The molecule has 3 aromatic rings. The van der Waals surface area contributed by atoms with E-state index in [0.717, 1.165) is 0 Å². The number of carbonyl (C=O) groups is 4. The number of ether oxygens (including phenoxy) is 2. The number of nitrogens with zero attached hydrogens (tertiary/aromatic N) is 4. The second kappa shape index (κ2) is 14.3. The number of hydrogen-bond acceptors (Lipinski definition) is 7. The summed E-state index contributed by atoms with van der Waals surface area (Å²) >= 11 is 0. The van der Waals surface area contributed by atoms with E-state index in [-0.39, 0.29) is 107 Å². The highest BCUT2D eigenvalue weighted by atomic mass is 19.4. The fraction of sp³-hybridized carbons (Fsp3) is 0.513. The van der Waals surface area contributed by atoms with Gasteiger partial charge in [0.25, 0.3) is 5.91 Å². The van der Waals surface area contributed by atoms with E-state index >= 15 is 0 Å². The number of alkyl halides is 5. The monoisotopic (exact) mass is 772 g/mol. The molecule has 1 N–H and O–H groups in total. The summed E-state index contributed by atoms with van der Waals surface area (Å²) in [6.07, 6.45) is -2.63. The van der Waals surface area contributed by atoms with Crippen molar-refractivity contribution in [2.75, 3.05) is 39.9 Å². The molecule has 4 fully saturated rings. The molecule has 1 spiro atoms. The van der Waals surface area contributed by atoms with Crippen LogP contribution in [0.25, 0.3) is 0 Å². The number of esters is 1. The number of carboxylic acids is 1. The van der Waals surface area contributed by atoms with Crippen LogP contribution in [0.4, 0.5) is 22.0 Å². The number of halogens is 5. The normalized spacial score (nSPS) is 21.3. The quantitative estimate of drug-likeness (QED) is 0.181. The molecule has 0 bridgehead atoms. The highest BCUT2D eigenvalue weighted by molar-refractivity contribution is 5.94. The molecule has 1 aromatic heterocycles. The Morgan fingerprint density at radius 2 is 1.60 bits per heavy atom. The number of hydrogen-bond donors (Lipinski definition) is 1. The van der Waals surface area contributed by atoms with Gasteiger partial charge in [-0.3, -0.25) is 14.3 Å². The van der Waals surface area contributed by atoms with Gasteiger partial charge in [-0.1, -0.05) is 36.4 Å². The minimum atomic E-state index is -4.67. The number of benzene rings is 2. The minimum absolute atomic E-state index is 0.00387. The fourth-order valence-corrected chi connectivity index (χ4v) is 8.57. The van der Waals surface area contributed by atoms with E-state index in [1.165, 1.54) is 29.1 Å². The molecule has 0 radical (unpaired) electrons. The molecule has 55 heavy (non-hydrogen) atoms. The predicted octanol–water partition coefficient (Wildman–Crippen LogP) is 6.17. The Kier molecular flexibility index (Phi) is 10.0. The molecule has 2 saturated heterocycles. The molecule has 7 rings (SSSR count). The summed E-state index contributed by atoms with van der Waals surface area (Å²) in [5, 5.41) is 14.5. The van der Waals surface area contributed by atoms with Crippen molar-refractivity contribution in [3.8, 4) is 0 Å². The van der Waals surface area contributed by atoms with Gasteiger partial charge in [-0.2, -0.15) is 18.3 Å². The van der Waals surface area contributed by atoms with Crippen LogP contribution in [0.1, 0.15) is 92.2 Å². The largest absolute Gasteiger partial charge is 0.478 e. The molecule has 2 amide bonds. The third kappa shape index (κ3) is 7.32. The van der Waals surface area contributed by atoms with Crippen LogP contribution in [0.5, 0.6) is 0 Å². The standard InChI is InChI=1S/C39H41F5N4O7/c1-54-34(52)30-7-3-2-5-25(30)16-48-17-27(15-45-48)32(49)46-18-28(36(21-46)22-47(23-36)35(53)37(13-14-37)39(42,43)44)20-55-19-26-6-4-8-29(31(26)33(50)51)24-9-11-38(40,41)12-10-24/h2-8,15,17,24,28H,9-14,16,18-23H2,1H3,(H,50,51)/t28-/m0/s1. The highest BCUT2D eigenvalue weighted by Crippen LogP contribution is 2.60. The first-order chi connectivity index (χ1) is 26.1. The Morgan fingerprint density at radius 1 is 0.927 bits per heavy atom. The summed E-state index contributed by atoms with van der Waals surface area (Å²) < 4.78 is 81.8. The van der Waals surface area contributed by atoms with Crippen molar-refractivity contribution in [1.82, 2.24) is 19.6 Å². The van der Waals surface area contributed by atoms with Gasteiger partial charge in [0.15, 0.2) is 0 Å². The van der Waals surface area contributed by atoms with Crippen molar-refractivity contribution in [3.63, 3.8) is 0 Å². The molecular weight excluding hydrogens is 731 g/mol. The molecular formula is C39H41F5N4O7. The molecule has 16 heteroatoms. The lowest BCUT2D eigenvalue weighted by Crippen LogP contribution is -2.65. The van der Waals surface area contributed by atoms with Crippen LogP contribution in [-0.4, -0.2) is 100 Å². The van der Waals surface area contributed by atoms with Crippen LogP contribution >= 0.6 is 0 Å². The van der Waals surface area contributed by atoms with E-state index in [9.17, 15) is 46.2 Å². The Labute approximate surface area is 313 Å². The van der Waals surface area contributed by atoms with Crippen LogP contribution in [0, 0.1) is 16.7 Å². The van der Waals surface area contributed by atoms with Crippen molar-refractivity contribution in [1.29, 1.82) is 0 Å². The van der Waals surface area contributed by atoms with E-state index < -0.39 is 46.7 Å². The Hall–Kier alpha value is -4.86. The lowest BCUT2D eigenvalue weighted by Gasteiger charge is -2.51. The SMILES string of the molecule is COC(=O)c1ccccc1Cn1cc(C(=O)N2C[C@@H](COCc3cccc(C4CCC(F)(F)CC4)c3C(=O)O)C3(C2)CN(C(=O)C2(C(F)(F)F)CC2)C3)cn1. The van der Waals surface area contributed by atoms with Gasteiger partial charge in [-0.25, -0.2) is 18.4 Å². The molecule has 0 unspecified atom stereocenters. The maximum absolute atomic E-state index is 13.9. The minimum Gasteiger partial charge on any atom is -0.478 e. The molecule has 11 nitrogen and oxygen atoms in total. The van der Waals surface area contributed by atoms with E-state index in [0.29, 0.717) is 22.3 Å². The van der Waals surface area contributed by atoms with Crippen molar-refractivity contribution >= 4 is 23.8 Å². The van der Waals surface area contributed by atoms with Gasteiger partial charge in [0.05, 0.1) is 49.8 Å². The molecule has 2 aliphatic heterocycles. The fourth-order valence-electron chi connectivity index (χ4n) is 8.57. The van der Waals surface area contributed by atoms with Gasteiger partial charge in [0.1, 0.15) is 5.41 Å². The molecule has 4 aliphatic rings. The topological polar surface area (TPSA) is 131 Å². The molecule has 2 aliphatic carbocycles. The van der Waals surface area contributed by atoms with Gasteiger partial charge in [0.2, 0.25) is 11.8 Å². The lowest BCUT2D eigenvalue weighted by atomic mass is 9.71. The number of aromatic carboxylic acids is 1.